The quantitative estimate of drug-likeness (QED) is 0.549. The van der Waals surface area contributed by atoms with Crippen molar-refractivity contribution in [3.8, 4) is 11.4 Å². The molecule has 9 heteroatoms. The molecule has 28 heavy (non-hydrogen) atoms. The Hall–Kier alpha value is -2.84. The molecule has 0 saturated heterocycles. The van der Waals surface area contributed by atoms with Gasteiger partial charge in [0.15, 0.2) is 11.0 Å². The molecule has 0 atom stereocenters. The van der Waals surface area contributed by atoms with Gasteiger partial charge >= 0.3 is 0 Å². The standard InChI is InChI=1S/C19H18ClN5O2S/c20-15-8-6-14(7-9-15)18-23-24-19(28-12-17(27)22-10-16(21)26)25(18)11-13-4-2-1-3-5-13/h1-9H,10-12H2,(H2,21,26)(H,22,27). The largest absolute Gasteiger partial charge is 0.368 e. The van der Waals surface area contributed by atoms with Crippen molar-refractivity contribution in [2.45, 2.75) is 11.7 Å². The number of carbonyl (C=O) groups excluding carboxylic acids is 2. The average Bonchev–Trinajstić information content (AvgIpc) is 3.08. The van der Waals surface area contributed by atoms with Gasteiger partial charge in [0.2, 0.25) is 11.8 Å². The van der Waals surface area contributed by atoms with Gasteiger partial charge in [0, 0.05) is 10.6 Å². The van der Waals surface area contributed by atoms with Crippen LogP contribution in [0.15, 0.2) is 59.8 Å². The Morgan fingerprint density at radius 3 is 2.46 bits per heavy atom. The molecule has 7 nitrogen and oxygen atoms in total. The summed E-state index contributed by atoms with van der Waals surface area (Å²) in [5.74, 6) is -0.108. The molecule has 0 aliphatic rings. The summed E-state index contributed by atoms with van der Waals surface area (Å²) in [6, 6.07) is 17.3. The maximum atomic E-state index is 11.9. The summed E-state index contributed by atoms with van der Waals surface area (Å²) in [5.41, 5.74) is 6.99. The Morgan fingerprint density at radius 2 is 1.79 bits per heavy atom. The number of nitrogens with one attached hydrogen (secondary N) is 1. The Morgan fingerprint density at radius 1 is 1.07 bits per heavy atom. The van der Waals surface area contributed by atoms with Gasteiger partial charge in [0.05, 0.1) is 18.8 Å². The fourth-order valence-electron chi connectivity index (χ4n) is 2.48. The number of amides is 2. The molecule has 144 valence electrons. The monoisotopic (exact) mass is 415 g/mol. The Bertz CT molecular complexity index is 960. The third-order valence-corrected chi connectivity index (χ3v) is 5.01. The molecule has 0 fully saturated rings. The Kier molecular flexibility index (Phi) is 6.67. The van der Waals surface area contributed by atoms with Crippen molar-refractivity contribution >= 4 is 35.2 Å². The van der Waals surface area contributed by atoms with Crippen LogP contribution in [0.25, 0.3) is 11.4 Å². The van der Waals surface area contributed by atoms with Crippen LogP contribution in [0.3, 0.4) is 0 Å². The molecule has 0 spiro atoms. The molecule has 2 amide bonds. The van der Waals surface area contributed by atoms with Crippen molar-refractivity contribution < 1.29 is 9.59 Å². The van der Waals surface area contributed by atoms with E-state index in [1.165, 1.54) is 11.8 Å². The van der Waals surface area contributed by atoms with Gasteiger partial charge < -0.3 is 11.1 Å². The minimum absolute atomic E-state index is 0.0980. The number of hydrogen-bond acceptors (Lipinski definition) is 5. The molecular weight excluding hydrogens is 398 g/mol. The summed E-state index contributed by atoms with van der Waals surface area (Å²) in [6.07, 6.45) is 0. The minimum Gasteiger partial charge on any atom is -0.368 e. The van der Waals surface area contributed by atoms with E-state index in [1.54, 1.807) is 12.1 Å². The number of aromatic nitrogens is 3. The zero-order valence-electron chi connectivity index (χ0n) is 14.8. The van der Waals surface area contributed by atoms with Crippen molar-refractivity contribution in [1.82, 2.24) is 20.1 Å². The van der Waals surface area contributed by atoms with Crippen LogP contribution in [0, 0.1) is 0 Å². The van der Waals surface area contributed by atoms with Crippen LogP contribution in [0.1, 0.15) is 5.56 Å². The van der Waals surface area contributed by atoms with Crippen LogP contribution in [0.4, 0.5) is 0 Å². The molecule has 3 rings (SSSR count). The number of rotatable bonds is 8. The lowest BCUT2D eigenvalue weighted by molar-refractivity contribution is -0.123. The Balaban J connectivity index is 1.83. The topological polar surface area (TPSA) is 103 Å². The fraction of sp³-hybridized carbons (Fsp3) is 0.158. The normalized spacial score (nSPS) is 10.6. The van der Waals surface area contributed by atoms with E-state index in [0.29, 0.717) is 22.5 Å². The van der Waals surface area contributed by atoms with Crippen LogP contribution < -0.4 is 11.1 Å². The van der Waals surface area contributed by atoms with Gasteiger partial charge in [-0.15, -0.1) is 10.2 Å². The van der Waals surface area contributed by atoms with E-state index >= 15 is 0 Å². The second-order valence-corrected chi connectivity index (χ2v) is 7.30. The number of halogens is 1. The Labute approximate surface area is 171 Å². The van der Waals surface area contributed by atoms with Gasteiger partial charge in [-0.3, -0.25) is 14.2 Å². The van der Waals surface area contributed by atoms with E-state index in [0.717, 1.165) is 11.1 Å². The third kappa shape index (κ3) is 5.34. The highest BCUT2D eigenvalue weighted by molar-refractivity contribution is 7.99. The molecule has 0 aliphatic heterocycles. The number of hydrogen-bond donors (Lipinski definition) is 2. The smallest absolute Gasteiger partial charge is 0.236 e. The number of thioether (sulfide) groups is 1. The number of primary amides is 1. The number of nitrogens with two attached hydrogens (primary N) is 1. The molecule has 0 saturated carbocycles. The zero-order chi connectivity index (χ0) is 19.9. The molecule has 0 radical (unpaired) electrons. The minimum atomic E-state index is -0.587. The van der Waals surface area contributed by atoms with Gasteiger partial charge in [-0.05, 0) is 29.8 Å². The molecule has 0 aliphatic carbocycles. The molecule has 0 unspecified atom stereocenters. The molecule has 1 aromatic heterocycles. The average molecular weight is 416 g/mol. The van der Waals surface area contributed by atoms with E-state index in [4.69, 9.17) is 17.3 Å². The predicted octanol–water partition coefficient (Wildman–Crippen LogP) is 2.34. The summed E-state index contributed by atoms with van der Waals surface area (Å²) in [7, 11) is 0. The van der Waals surface area contributed by atoms with Crippen molar-refractivity contribution in [2.75, 3.05) is 12.3 Å². The highest BCUT2D eigenvalue weighted by Gasteiger charge is 2.16. The van der Waals surface area contributed by atoms with E-state index in [-0.39, 0.29) is 18.2 Å². The molecule has 0 bridgehead atoms. The summed E-state index contributed by atoms with van der Waals surface area (Å²) < 4.78 is 1.95. The van der Waals surface area contributed by atoms with Crippen molar-refractivity contribution in [1.29, 1.82) is 0 Å². The van der Waals surface area contributed by atoms with E-state index < -0.39 is 5.91 Å². The second-order valence-electron chi connectivity index (χ2n) is 5.92. The lowest BCUT2D eigenvalue weighted by atomic mass is 10.2. The maximum absolute atomic E-state index is 11.9. The van der Waals surface area contributed by atoms with Crippen molar-refractivity contribution in [2.24, 2.45) is 5.73 Å². The summed E-state index contributed by atoms with van der Waals surface area (Å²) >= 11 is 7.23. The first-order valence-electron chi connectivity index (χ1n) is 8.44. The third-order valence-electron chi connectivity index (χ3n) is 3.79. The highest BCUT2D eigenvalue weighted by atomic mass is 35.5. The second kappa shape index (κ2) is 9.38. The fourth-order valence-corrected chi connectivity index (χ4v) is 3.38. The van der Waals surface area contributed by atoms with Crippen LogP contribution in [-0.2, 0) is 16.1 Å². The van der Waals surface area contributed by atoms with Gasteiger partial charge in [-0.2, -0.15) is 0 Å². The van der Waals surface area contributed by atoms with E-state index in [2.05, 4.69) is 15.5 Å². The summed E-state index contributed by atoms with van der Waals surface area (Å²) in [6.45, 7) is 0.364. The number of benzene rings is 2. The predicted molar refractivity (Wildman–Crippen MR) is 109 cm³/mol. The van der Waals surface area contributed by atoms with Crippen LogP contribution in [-0.4, -0.2) is 38.9 Å². The molecule has 3 aromatic rings. The lowest BCUT2D eigenvalue weighted by Gasteiger charge is -2.10. The first kappa shape index (κ1) is 19.9. The molecule has 2 aromatic carbocycles. The van der Waals surface area contributed by atoms with Gasteiger partial charge in [-0.25, -0.2) is 0 Å². The van der Waals surface area contributed by atoms with Crippen LogP contribution >= 0.6 is 23.4 Å². The molecule has 3 N–H and O–H groups in total. The van der Waals surface area contributed by atoms with Crippen LogP contribution in [0.2, 0.25) is 5.02 Å². The number of nitrogens with zero attached hydrogens (tertiary/aromatic N) is 3. The van der Waals surface area contributed by atoms with Gasteiger partial charge in [0.1, 0.15) is 0 Å². The summed E-state index contributed by atoms with van der Waals surface area (Å²) in [4.78, 5) is 22.7. The molecular formula is C19H18ClN5O2S. The zero-order valence-corrected chi connectivity index (χ0v) is 16.4. The first-order chi connectivity index (χ1) is 13.5. The lowest BCUT2D eigenvalue weighted by Crippen LogP contribution is -2.34. The SMILES string of the molecule is NC(=O)CNC(=O)CSc1nnc(-c2ccc(Cl)cc2)n1Cc1ccccc1. The van der Waals surface area contributed by atoms with Crippen molar-refractivity contribution in [3.05, 3.63) is 65.2 Å². The number of carbonyl (C=O) groups is 2. The van der Waals surface area contributed by atoms with Gasteiger partial charge in [-0.1, -0.05) is 53.7 Å². The summed E-state index contributed by atoms with van der Waals surface area (Å²) in [5, 5.41) is 12.3. The van der Waals surface area contributed by atoms with E-state index in [9.17, 15) is 9.59 Å². The molecule has 1 heterocycles. The van der Waals surface area contributed by atoms with Crippen LogP contribution in [0.5, 0.6) is 0 Å². The van der Waals surface area contributed by atoms with Gasteiger partial charge in [0.25, 0.3) is 0 Å². The van der Waals surface area contributed by atoms with E-state index in [1.807, 2.05) is 47.0 Å². The first-order valence-corrected chi connectivity index (χ1v) is 9.80. The van der Waals surface area contributed by atoms with Crippen molar-refractivity contribution in [3.63, 3.8) is 0 Å². The maximum Gasteiger partial charge on any atom is 0.236 e. The highest BCUT2D eigenvalue weighted by Crippen LogP contribution is 2.26.